The van der Waals surface area contributed by atoms with E-state index < -0.39 is 27.2 Å². The monoisotopic (exact) mass is 394 g/mol. The van der Waals surface area contributed by atoms with Gasteiger partial charge in [-0.05, 0) is 50.7 Å². The summed E-state index contributed by atoms with van der Waals surface area (Å²) in [5, 5.41) is 11.6. The molecule has 2 aliphatic carbocycles. The lowest BCUT2D eigenvalue weighted by atomic mass is 9.56. The van der Waals surface area contributed by atoms with Gasteiger partial charge in [-0.1, -0.05) is 24.6 Å². The zero-order valence-corrected chi connectivity index (χ0v) is 16.5. The molecule has 6 nitrogen and oxygen atoms in total. The van der Waals surface area contributed by atoms with Gasteiger partial charge in [0.25, 0.3) is 10.1 Å². The van der Waals surface area contributed by atoms with E-state index in [9.17, 15) is 18.3 Å². The van der Waals surface area contributed by atoms with Crippen molar-refractivity contribution in [2.75, 3.05) is 6.61 Å². The lowest BCUT2D eigenvalue weighted by Crippen LogP contribution is -2.60. The van der Waals surface area contributed by atoms with Crippen molar-refractivity contribution in [3.05, 3.63) is 29.8 Å². The fourth-order valence-electron chi connectivity index (χ4n) is 5.34. The van der Waals surface area contributed by atoms with Gasteiger partial charge >= 0.3 is 5.97 Å². The zero-order valence-electron chi connectivity index (χ0n) is 15.7. The fourth-order valence-corrected chi connectivity index (χ4v) is 6.53. The first-order valence-electron chi connectivity index (χ1n) is 9.54. The van der Waals surface area contributed by atoms with Gasteiger partial charge in [0.1, 0.15) is 0 Å². The number of carbonyl (C=O) groups is 1. The first-order chi connectivity index (χ1) is 12.7. The summed E-state index contributed by atoms with van der Waals surface area (Å²) < 4.78 is 36.4. The molecule has 1 heterocycles. The molecule has 5 atom stereocenters. The highest BCUT2D eigenvalue weighted by Crippen LogP contribution is 2.61. The molecule has 1 N–H and O–H groups in total. The van der Waals surface area contributed by atoms with Crippen molar-refractivity contribution in [3.8, 4) is 0 Å². The second kappa shape index (κ2) is 6.29. The Morgan fingerprint density at radius 2 is 1.89 bits per heavy atom. The van der Waals surface area contributed by atoms with Crippen molar-refractivity contribution in [1.82, 2.24) is 0 Å². The van der Waals surface area contributed by atoms with E-state index in [1.807, 2.05) is 13.8 Å². The average Bonchev–Trinajstić information content (AvgIpc) is 2.87. The normalized spacial score (nSPS) is 38.8. The number of hydrogen-bond acceptors (Lipinski definition) is 6. The summed E-state index contributed by atoms with van der Waals surface area (Å²) in [6, 6.07) is 6.58. The van der Waals surface area contributed by atoms with E-state index in [0.29, 0.717) is 25.7 Å². The molecule has 3 fully saturated rings. The molecule has 148 valence electrons. The predicted octanol–water partition coefficient (Wildman–Crippen LogP) is 2.57. The van der Waals surface area contributed by atoms with Gasteiger partial charge in [0.15, 0.2) is 0 Å². The molecule has 4 rings (SSSR count). The molecule has 0 unspecified atom stereocenters. The average molecular weight is 394 g/mol. The smallest absolute Gasteiger partial charge is 0.306 e. The molecule has 1 aromatic carbocycles. The number of benzene rings is 1. The van der Waals surface area contributed by atoms with Crippen molar-refractivity contribution in [1.29, 1.82) is 0 Å². The third kappa shape index (κ3) is 2.91. The Balaban J connectivity index is 1.59. The summed E-state index contributed by atoms with van der Waals surface area (Å²) in [6.07, 6.45) is 2.06. The van der Waals surface area contributed by atoms with Crippen LogP contribution in [-0.2, 0) is 23.8 Å². The van der Waals surface area contributed by atoms with Gasteiger partial charge in [-0.2, -0.15) is 8.42 Å². The summed E-state index contributed by atoms with van der Waals surface area (Å²) in [4.78, 5) is 11.8. The van der Waals surface area contributed by atoms with Crippen molar-refractivity contribution < 1.29 is 27.2 Å². The summed E-state index contributed by atoms with van der Waals surface area (Å²) in [6.45, 7) is 4.01. The topological polar surface area (TPSA) is 89.9 Å². The van der Waals surface area contributed by atoms with Gasteiger partial charge < -0.3 is 9.84 Å². The van der Waals surface area contributed by atoms with E-state index in [2.05, 4.69) is 0 Å². The van der Waals surface area contributed by atoms with Gasteiger partial charge in [-0.3, -0.25) is 8.98 Å². The third-order valence-electron chi connectivity index (χ3n) is 7.11. The molecule has 0 spiro atoms. The lowest BCUT2D eigenvalue weighted by molar-refractivity contribution is -0.201. The molecule has 3 aliphatic rings. The maximum Gasteiger partial charge on any atom is 0.306 e. The maximum absolute atomic E-state index is 12.8. The molecule has 0 bridgehead atoms. The van der Waals surface area contributed by atoms with Crippen molar-refractivity contribution in [3.63, 3.8) is 0 Å². The zero-order chi connectivity index (χ0) is 19.4. The molecule has 1 aromatic rings. The van der Waals surface area contributed by atoms with Crippen molar-refractivity contribution >= 4 is 16.1 Å². The van der Waals surface area contributed by atoms with Crippen molar-refractivity contribution in [2.45, 2.75) is 62.6 Å². The number of aryl methyl sites for hydroxylation is 1. The molecule has 1 saturated heterocycles. The minimum atomic E-state index is -3.91. The Morgan fingerprint density at radius 1 is 1.19 bits per heavy atom. The Morgan fingerprint density at radius 3 is 2.59 bits per heavy atom. The highest BCUT2D eigenvalue weighted by Gasteiger charge is 2.65. The number of carbonyl (C=O) groups excluding carboxylic acids is 1. The molecular weight excluding hydrogens is 368 g/mol. The molecule has 1 aliphatic heterocycles. The number of rotatable bonds is 3. The Hall–Kier alpha value is -1.44. The van der Waals surface area contributed by atoms with E-state index in [1.54, 1.807) is 24.3 Å². The van der Waals surface area contributed by atoms with Crippen LogP contribution in [0.1, 0.15) is 44.6 Å². The Kier molecular flexibility index (Phi) is 4.40. The largest absolute Gasteiger partial charge is 0.465 e. The third-order valence-corrected chi connectivity index (χ3v) is 8.44. The molecule has 0 amide bonds. The van der Waals surface area contributed by atoms with Crippen LogP contribution < -0.4 is 0 Å². The Labute approximate surface area is 160 Å². The number of ether oxygens (including phenoxy) is 1. The predicted molar refractivity (Wildman–Crippen MR) is 97.3 cm³/mol. The quantitative estimate of drug-likeness (QED) is 0.626. The highest BCUT2D eigenvalue weighted by molar-refractivity contribution is 7.86. The maximum atomic E-state index is 12.8. The summed E-state index contributed by atoms with van der Waals surface area (Å²) in [5.74, 6) is -0.280. The summed E-state index contributed by atoms with van der Waals surface area (Å²) >= 11 is 0. The summed E-state index contributed by atoms with van der Waals surface area (Å²) in [7, 11) is -3.91. The van der Waals surface area contributed by atoms with Crippen LogP contribution in [0, 0.1) is 24.2 Å². The van der Waals surface area contributed by atoms with E-state index in [0.717, 1.165) is 12.0 Å². The van der Waals surface area contributed by atoms with Gasteiger partial charge in [0.05, 0.1) is 23.2 Å². The minimum absolute atomic E-state index is 0.0942. The standard InChI is InChI=1S/C20H26O6S/c1-13-3-5-15(6-4-13)27(23,24)26-17-8-10-20(22)16-12-25-18(21)11-14(16)7-9-19(17,20)2/h3-6,14,16-17,22H,7-12H2,1-2H3/t14-,16-,17-,19+,20-/m1/s1. The molecule has 7 heteroatoms. The fraction of sp³-hybridized carbons (Fsp3) is 0.650. The van der Waals surface area contributed by atoms with Crippen molar-refractivity contribution in [2.24, 2.45) is 17.3 Å². The van der Waals surface area contributed by atoms with Gasteiger partial charge in [0.2, 0.25) is 0 Å². The second-order valence-corrected chi connectivity index (χ2v) is 10.1. The van der Waals surface area contributed by atoms with E-state index in [-0.39, 0.29) is 29.3 Å². The van der Waals surface area contributed by atoms with E-state index >= 15 is 0 Å². The van der Waals surface area contributed by atoms with Crippen LogP contribution in [0.4, 0.5) is 0 Å². The van der Waals surface area contributed by atoms with Gasteiger partial charge in [0, 0.05) is 17.8 Å². The van der Waals surface area contributed by atoms with Crippen LogP contribution in [0.2, 0.25) is 0 Å². The molecule has 0 radical (unpaired) electrons. The van der Waals surface area contributed by atoms with E-state index in [1.165, 1.54) is 0 Å². The molecular formula is C20H26O6S. The second-order valence-electron chi connectivity index (χ2n) is 8.52. The number of fused-ring (bicyclic) bond motifs is 3. The van der Waals surface area contributed by atoms with Gasteiger partial charge in [-0.25, -0.2) is 0 Å². The first kappa shape index (κ1) is 18.9. The van der Waals surface area contributed by atoms with Crippen LogP contribution >= 0.6 is 0 Å². The SMILES string of the molecule is Cc1ccc(S(=O)(=O)O[C@@H]2CC[C@@]3(O)[C@@H]4COC(=O)C[C@H]4CC[C@@]23C)cc1. The van der Waals surface area contributed by atoms with E-state index in [4.69, 9.17) is 8.92 Å². The van der Waals surface area contributed by atoms with Crippen LogP contribution in [0.15, 0.2) is 29.2 Å². The van der Waals surface area contributed by atoms with Gasteiger partial charge in [-0.15, -0.1) is 0 Å². The molecule has 27 heavy (non-hydrogen) atoms. The number of hydrogen-bond donors (Lipinski definition) is 1. The summed E-state index contributed by atoms with van der Waals surface area (Å²) in [5.41, 5.74) is -0.791. The minimum Gasteiger partial charge on any atom is -0.465 e. The highest BCUT2D eigenvalue weighted by atomic mass is 32.2. The Bertz CT molecular complexity index is 848. The number of aliphatic hydroxyl groups is 1. The molecule has 0 aromatic heterocycles. The first-order valence-corrected chi connectivity index (χ1v) is 10.9. The molecule has 2 saturated carbocycles. The lowest BCUT2D eigenvalue weighted by Gasteiger charge is -2.54. The number of esters is 1. The number of cyclic esters (lactones) is 1. The van der Waals surface area contributed by atoms with Crippen LogP contribution in [0.25, 0.3) is 0 Å². The van der Waals surface area contributed by atoms with Crippen LogP contribution in [0.5, 0.6) is 0 Å². The van der Waals surface area contributed by atoms with Crippen LogP contribution in [-0.4, -0.2) is 37.8 Å². The van der Waals surface area contributed by atoms with Crippen LogP contribution in [0.3, 0.4) is 0 Å².